The summed E-state index contributed by atoms with van der Waals surface area (Å²) in [4.78, 5) is 0. The molecule has 0 spiro atoms. The first-order valence-corrected chi connectivity index (χ1v) is 5.23. The number of sulfonamides is 1. The second-order valence-electron chi connectivity index (χ2n) is 1.95. The number of halogens is 3. The third-order valence-electron chi connectivity index (χ3n) is 1.00. The van der Waals surface area contributed by atoms with Gasteiger partial charge in [0.15, 0.2) is 0 Å². The van der Waals surface area contributed by atoms with Crippen LogP contribution in [0.3, 0.4) is 0 Å². The van der Waals surface area contributed by atoms with Gasteiger partial charge in [0.25, 0.3) is 0 Å². The summed E-state index contributed by atoms with van der Waals surface area (Å²) < 4.78 is 57.6. The highest BCUT2D eigenvalue weighted by Gasteiger charge is 2.46. The van der Waals surface area contributed by atoms with Gasteiger partial charge >= 0.3 is 15.5 Å². The Balaban J connectivity index is 2.87. The number of rotatable bonds is 2. The lowest BCUT2D eigenvalue weighted by Gasteiger charge is -2.07. The molecule has 0 atom stereocenters. The summed E-state index contributed by atoms with van der Waals surface area (Å²) in [6, 6.07) is 3.61. The van der Waals surface area contributed by atoms with E-state index in [0.29, 0.717) is 0 Å². The molecular weight excluding hydrogens is 227 g/mol. The van der Waals surface area contributed by atoms with Gasteiger partial charge in [0, 0.05) is 6.07 Å². The Bertz CT molecular complexity index is 367. The van der Waals surface area contributed by atoms with Gasteiger partial charge in [-0.25, -0.2) is 0 Å². The van der Waals surface area contributed by atoms with Crippen LogP contribution in [-0.2, 0) is 10.0 Å². The largest absolute Gasteiger partial charge is 0.516 e. The molecule has 1 radical (unpaired) electrons. The Hall–Kier alpha value is -0.760. The van der Waals surface area contributed by atoms with E-state index >= 15 is 0 Å². The van der Waals surface area contributed by atoms with E-state index in [1.54, 1.807) is 0 Å². The minimum Gasteiger partial charge on any atom is -0.266 e. The maximum Gasteiger partial charge on any atom is 0.516 e. The third kappa shape index (κ3) is 2.34. The fraction of sp³-hybridized carbons (Fsp3) is 0.200. The standard InChI is InChI=1S/C5H3F3NO2S2/c6-5(7,8)13(10,11)9-4-2-1-3-12-4/h1,3,9H. The SMILES string of the molecule is O=S(=O)(Nc1[c]ccs1)C(F)(F)F. The molecule has 0 unspecified atom stereocenters. The van der Waals surface area contributed by atoms with E-state index in [0.717, 1.165) is 11.3 Å². The summed E-state index contributed by atoms with van der Waals surface area (Å²) in [5.41, 5.74) is -5.29. The van der Waals surface area contributed by atoms with Gasteiger partial charge in [-0.15, -0.1) is 11.3 Å². The van der Waals surface area contributed by atoms with Crippen LogP contribution in [0.5, 0.6) is 0 Å². The van der Waals surface area contributed by atoms with E-state index in [9.17, 15) is 21.6 Å². The van der Waals surface area contributed by atoms with Gasteiger partial charge in [0.2, 0.25) is 0 Å². The maximum absolute atomic E-state index is 11.8. The molecule has 0 aliphatic carbocycles. The number of hydrogen-bond donors (Lipinski definition) is 1. The average Bonchev–Trinajstić information content (AvgIpc) is 2.35. The van der Waals surface area contributed by atoms with Crippen molar-refractivity contribution in [3.8, 4) is 0 Å². The van der Waals surface area contributed by atoms with Crippen molar-refractivity contribution in [1.82, 2.24) is 0 Å². The molecule has 8 heteroatoms. The highest BCUT2D eigenvalue weighted by atomic mass is 32.2. The van der Waals surface area contributed by atoms with Crippen LogP contribution in [0, 0.1) is 6.07 Å². The van der Waals surface area contributed by atoms with Crippen molar-refractivity contribution in [2.75, 3.05) is 4.72 Å². The topological polar surface area (TPSA) is 46.2 Å². The summed E-state index contributed by atoms with van der Waals surface area (Å²) in [7, 11) is -5.29. The summed E-state index contributed by atoms with van der Waals surface area (Å²) in [5, 5.41) is 1.23. The number of alkyl halides is 3. The van der Waals surface area contributed by atoms with E-state index < -0.39 is 15.5 Å². The first-order valence-electron chi connectivity index (χ1n) is 2.87. The first-order chi connectivity index (χ1) is 5.83. The normalized spacial score (nSPS) is 12.8. The van der Waals surface area contributed by atoms with Crippen LogP contribution in [0.1, 0.15) is 0 Å². The Morgan fingerprint density at radius 1 is 1.46 bits per heavy atom. The smallest absolute Gasteiger partial charge is 0.266 e. The molecular formula is C5H3F3NO2S2. The molecule has 1 N–H and O–H groups in total. The minimum absolute atomic E-state index is 0.183. The van der Waals surface area contributed by atoms with Crippen molar-refractivity contribution in [2.45, 2.75) is 5.51 Å². The molecule has 1 aromatic heterocycles. The van der Waals surface area contributed by atoms with Gasteiger partial charge in [0.05, 0.1) is 0 Å². The molecule has 1 aromatic rings. The lowest BCUT2D eigenvalue weighted by molar-refractivity contribution is -0.0429. The quantitative estimate of drug-likeness (QED) is 0.842. The number of hydrogen-bond acceptors (Lipinski definition) is 3. The lowest BCUT2D eigenvalue weighted by Crippen LogP contribution is -2.29. The lowest BCUT2D eigenvalue weighted by atomic mass is 10.6. The second kappa shape index (κ2) is 3.18. The monoisotopic (exact) mass is 230 g/mol. The summed E-state index contributed by atoms with van der Waals surface area (Å²) in [6.07, 6.45) is 0. The molecule has 0 bridgehead atoms. The fourth-order valence-corrected chi connectivity index (χ4v) is 1.83. The van der Waals surface area contributed by atoms with E-state index in [1.165, 1.54) is 16.2 Å². The zero-order chi connectivity index (χ0) is 10.1. The molecule has 1 heterocycles. The van der Waals surface area contributed by atoms with Gasteiger partial charge < -0.3 is 0 Å². The second-order valence-corrected chi connectivity index (χ2v) is 4.54. The highest BCUT2D eigenvalue weighted by Crippen LogP contribution is 2.26. The van der Waals surface area contributed by atoms with Gasteiger partial charge in [-0.3, -0.25) is 4.72 Å². The summed E-state index contributed by atoms with van der Waals surface area (Å²) >= 11 is 0.820. The molecule has 0 fully saturated rings. The van der Waals surface area contributed by atoms with Crippen molar-refractivity contribution in [2.24, 2.45) is 0 Å². The summed E-state index contributed by atoms with van der Waals surface area (Å²) in [6.45, 7) is 0. The summed E-state index contributed by atoms with van der Waals surface area (Å²) in [5.74, 6) is 0. The molecule has 0 aliphatic heterocycles. The molecule has 0 saturated heterocycles. The Morgan fingerprint density at radius 3 is 2.46 bits per heavy atom. The van der Waals surface area contributed by atoms with Crippen molar-refractivity contribution in [1.29, 1.82) is 0 Å². The van der Waals surface area contributed by atoms with E-state index in [2.05, 4.69) is 6.07 Å². The predicted octanol–water partition coefficient (Wildman–Crippen LogP) is 1.81. The van der Waals surface area contributed by atoms with Crippen molar-refractivity contribution in [3.63, 3.8) is 0 Å². The molecule has 3 nitrogen and oxygen atoms in total. The van der Waals surface area contributed by atoms with Crippen LogP contribution in [0.4, 0.5) is 18.2 Å². The van der Waals surface area contributed by atoms with E-state index in [4.69, 9.17) is 0 Å². The van der Waals surface area contributed by atoms with Crippen LogP contribution in [-0.4, -0.2) is 13.9 Å². The molecule has 73 valence electrons. The van der Waals surface area contributed by atoms with Crippen LogP contribution in [0.2, 0.25) is 0 Å². The molecule has 0 aromatic carbocycles. The minimum atomic E-state index is -5.29. The molecule has 0 saturated carbocycles. The van der Waals surface area contributed by atoms with Crippen LogP contribution < -0.4 is 4.72 Å². The highest BCUT2D eigenvalue weighted by molar-refractivity contribution is 7.93. The van der Waals surface area contributed by atoms with Crippen molar-refractivity contribution < 1.29 is 21.6 Å². The van der Waals surface area contributed by atoms with Gasteiger partial charge in [0.1, 0.15) is 5.00 Å². The van der Waals surface area contributed by atoms with E-state index in [-0.39, 0.29) is 5.00 Å². The number of nitrogens with one attached hydrogen (secondary N) is 1. The fourth-order valence-electron chi connectivity index (χ4n) is 0.479. The number of thiophene rings is 1. The van der Waals surface area contributed by atoms with Gasteiger partial charge in [-0.1, -0.05) is 0 Å². The van der Waals surface area contributed by atoms with Gasteiger partial charge in [-0.05, 0) is 11.4 Å². The van der Waals surface area contributed by atoms with Crippen LogP contribution >= 0.6 is 11.3 Å². The number of anilines is 1. The molecule has 0 amide bonds. The zero-order valence-corrected chi connectivity index (χ0v) is 7.55. The van der Waals surface area contributed by atoms with E-state index in [1.807, 2.05) is 0 Å². The zero-order valence-electron chi connectivity index (χ0n) is 5.92. The van der Waals surface area contributed by atoms with Crippen molar-refractivity contribution in [3.05, 3.63) is 17.5 Å². The van der Waals surface area contributed by atoms with Crippen LogP contribution in [0.15, 0.2) is 11.4 Å². The Labute approximate surface area is 76.2 Å². The maximum atomic E-state index is 11.8. The predicted molar refractivity (Wildman–Crippen MR) is 41.8 cm³/mol. The van der Waals surface area contributed by atoms with Gasteiger partial charge in [-0.2, -0.15) is 21.6 Å². The average molecular weight is 230 g/mol. The van der Waals surface area contributed by atoms with Crippen LogP contribution in [0.25, 0.3) is 0 Å². The first kappa shape index (κ1) is 10.3. The third-order valence-corrected chi connectivity index (χ3v) is 2.94. The Kier molecular flexibility index (Phi) is 2.53. The molecule has 13 heavy (non-hydrogen) atoms. The van der Waals surface area contributed by atoms with Crippen molar-refractivity contribution >= 4 is 26.4 Å². The molecule has 1 rings (SSSR count). The molecule has 0 aliphatic rings. The Morgan fingerprint density at radius 2 is 2.08 bits per heavy atom.